The summed E-state index contributed by atoms with van der Waals surface area (Å²) in [4.78, 5) is 19.4. The van der Waals surface area contributed by atoms with E-state index in [4.69, 9.17) is 15.4 Å². The maximum atomic E-state index is 13.8. The maximum absolute atomic E-state index is 13.8. The first-order chi connectivity index (χ1) is 19.5. The van der Waals surface area contributed by atoms with Gasteiger partial charge in [-0.2, -0.15) is 0 Å². The first-order valence-corrected chi connectivity index (χ1v) is 14.0. The second-order valence-corrected chi connectivity index (χ2v) is 10.4. The zero-order valence-corrected chi connectivity index (χ0v) is 23.1. The largest absolute Gasteiger partial charge is 0.370 e. The molecule has 3 aromatic heterocycles. The normalized spacial score (nSPS) is 16.0. The van der Waals surface area contributed by atoms with Crippen LogP contribution in [0.2, 0.25) is 0 Å². The van der Waals surface area contributed by atoms with Crippen LogP contribution in [0.25, 0.3) is 28.9 Å². The van der Waals surface area contributed by atoms with Gasteiger partial charge in [0.15, 0.2) is 0 Å². The summed E-state index contributed by atoms with van der Waals surface area (Å²) < 4.78 is 13.8. The third-order valence-electron chi connectivity index (χ3n) is 7.47. The molecule has 2 atom stereocenters. The van der Waals surface area contributed by atoms with E-state index >= 15 is 0 Å². The Kier molecular flexibility index (Phi) is 8.64. The molecule has 208 valence electrons. The Morgan fingerprint density at radius 3 is 2.75 bits per heavy atom. The number of imidazole rings is 1. The molecule has 0 spiro atoms. The number of nitrogens with one attached hydrogen (secondary N) is 3. The number of aromatic amines is 1. The lowest BCUT2D eigenvalue weighted by molar-refractivity contribution is 0.399. The van der Waals surface area contributed by atoms with Crippen molar-refractivity contribution in [2.24, 2.45) is 5.92 Å². The van der Waals surface area contributed by atoms with Crippen molar-refractivity contribution in [2.45, 2.75) is 45.6 Å². The van der Waals surface area contributed by atoms with E-state index in [1.54, 1.807) is 30.5 Å². The highest BCUT2D eigenvalue weighted by Crippen LogP contribution is 2.32. The predicted molar refractivity (Wildman–Crippen MR) is 162 cm³/mol. The van der Waals surface area contributed by atoms with Crippen molar-refractivity contribution < 1.29 is 5.82 Å². The molecule has 1 aromatic carbocycles. The van der Waals surface area contributed by atoms with Crippen LogP contribution >= 0.6 is 0 Å². The van der Waals surface area contributed by atoms with Crippen molar-refractivity contribution in [2.75, 3.05) is 18.4 Å². The van der Waals surface area contributed by atoms with Gasteiger partial charge in [-0.1, -0.05) is 44.5 Å². The average molecular weight is 540 g/mol. The summed E-state index contributed by atoms with van der Waals surface area (Å²) >= 11 is 0. The van der Waals surface area contributed by atoms with E-state index < -0.39 is 0 Å². The Balaban J connectivity index is 0.00000387. The highest BCUT2D eigenvalue weighted by molar-refractivity contribution is 5.94. The summed E-state index contributed by atoms with van der Waals surface area (Å²) in [6.07, 6.45) is 9.45. The molecule has 3 N–H and O–H groups in total. The number of hydrogen-bond acceptors (Lipinski definition) is 5. The number of pyridine rings is 2. The molecule has 1 saturated heterocycles. The van der Waals surface area contributed by atoms with Gasteiger partial charge in [-0.3, -0.25) is 5.41 Å². The molecule has 0 saturated carbocycles. The van der Waals surface area contributed by atoms with E-state index in [-0.39, 0.29) is 13.3 Å². The maximum Gasteiger partial charge on any atom is 0.130 e. The van der Waals surface area contributed by atoms with Gasteiger partial charge in [-0.15, -0.1) is 0 Å². The summed E-state index contributed by atoms with van der Waals surface area (Å²) in [5.74, 6) is 2.31. The number of halogens is 1. The predicted octanol–water partition coefficient (Wildman–Crippen LogP) is 7.59. The minimum atomic E-state index is -0.246. The smallest absolute Gasteiger partial charge is 0.130 e. The van der Waals surface area contributed by atoms with Crippen LogP contribution in [0.5, 0.6) is 0 Å². The van der Waals surface area contributed by atoms with Crippen molar-refractivity contribution in [3.8, 4) is 22.8 Å². The molecule has 8 heteroatoms. The Labute approximate surface area is 236 Å². The van der Waals surface area contributed by atoms with E-state index in [0.717, 1.165) is 66.5 Å². The number of hydrogen-bond donors (Lipinski definition) is 3. The SMILES string of the molecule is CCC(C)CCNc1cccc(-c2cccc(-c3cnc(/C=C\C(=N)N4CCCC4c4cccc(F)c4)[nH]3)n2)n1.[HH]. The average Bonchev–Trinajstić information content (AvgIpc) is 3.67. The first kappa shape index (κ1) is 27.2. The fourth-order valence-electron chi connectivity index (χ4n) is 4.97. The van der Waals surface area contributed by atoms with Crippen molar-refractivity contribution in [1.29, 1.82) is 5.41 Å². The molecule has 0 aliphatic carbocycles. The molecule has 0 amide bonds. The van der Waals surface area contributed by atoms with Crippen LogP contribution in [0, 0.1) is 17.1 Å². The fraction of sp³-hybridized carbons (Fsp3) is 0.312. The Bertz CT molecular complexity index is 1480. The minimum absolute atomic E-state index is 0. The minimum Gasteiger partial charge on any atom is -0.370 e. The van der Waals surface area contributed by atoms with Crippen molar-refractivity contribution in [1.82, 2.24) is 24.8 Å². The van der Waals surface area contributed by atoms with Crippen LogP contribution in [-0.2, 0) is 0 Å². The lowest BCUT2D eigenvalue weighted by Crippen LogP contribution is -2.28. The third kappa shape index (κ3) is 6.62. The molecule has 2 unspecified atom stereocenters. The Morgan fingerprint density at radius 1 is 1.15 bits per heavy atom. The topological polar surface area (TPSA) is 93.6 Å². The number of H-pyrrole nitrogens is 1. The Morgan fingerprint density at radius 2 is 1.93 bits per heavy atom. The van der Waals surface area contributed by atoms with Crippen molar-refractivity contribution in [3.63, 3.8) is 0 Å². The van der Waals surface area contributed by atoms with Crippen molar-refractivity contribution in [3.05, 3.63) is 90.1 Å². The summed E-state index contributed by atoms with van der Waals surface area (Å²) in [6.45, 7) is 6.14. The number of anilines is 1. The van der Waals surface area contributed by atoms with Gasteiger partial charge < -0.3 is 15.2 Å². The summed E-state index contributed by atoms with van der Waals surface area (Å²) in [7, 11) is 0. The van der Waals surface area contributed by atoms with Gasteiger partial charge in [0.2, 0.25) is 0 Å². The van der Waals surface area contributed by atoms with E-state index in [1.807, 2.05) is 47.4 Å². The van der Waals surface area contributed by atoms with E-state index in [1.165, 1.54) is 12.5 Å². The van der Waals surface area contributed by atoms with Crippen LogP contribution in [0.4, 0.5) is 10.2 Å². The van der Waals surface area contributed by atoms with Crippen molar-refractivity contribution >= 4 is 17.7 Å². The quantitative estimate of drug-likeness (QED) is 0.143. The highest BCUT2D eigenvalue weighted by atomic mass is 19.1. The number of likely N-dealkylation sites (tertiary alicyclic amines) is 1. The van der Waals surface area contributed by atoms with Crippen LogP contribution in [0.15, 0.2) is 72.9 Å². The van der Waals surface area contributed by atoms with Gasteiger partial charge in [0, 0.05) is 14.5 Å². The summed E-state index contributed by atoms with van der Waals surface area (Å²) in [6, 6.07) is 18.5. The molecule has 4 aromatic rings. The molecule has 0 radical (unpaired) electrons. The number of rotatable bonds is 10. The first-order valence-electron chi connectivity index (χ1n) is 14.0. The van der Waals surface area contributed by atoms with Crippen LogP contribution in [0.3, 0.4) is 0 Å². The molecule has 7 nitrogen and oxygen atoms in total. The Hall–Kier alpha value is -4.33. The van der Waals surface area contributed by atoms with Gasteiger partial charge in [0.05, 0.1) is 35.0 Å². The van der Waals surface area contributed by atoms with E-state index in [0.29, 0.717) is 17.6 Å². The second-order valence-electron chi connectivity index (χ2n) is 10.4. The molecule has 1 fully saturated rings. The standard InChI is InChI=1S/C32H36FN7.H2/c1-3-22(2)17-18-35-31-14-6-12-26(38-31)25-10-5-11-27(37-25)28-21-36-32(39-28)16-15-30(34)40-19-7-13-29(40)23-8-4-9-24(33)20-23;/h4-6,8-12,14-16,20-22,29,34H,3,7,13,17-19H2,1-2H3,(H,35,38)(H,36,39);1H/b16-15-,34-30?;. The van der Waals surface area contributed by atoms with Crippen LogP contribution < -0.4 is 5.32 Å². The third-order valence-corrected chi connectivity index (χ3v) is 7.47. The zero-order chi connectivity index (χ0) is 27.9. The van der Waals surface area contributed by atoms with E-state index in [2.05, 4.69) is 29.1 Å². The highest BCUT2D eigenvalue weighted by Gasteiger charge is 2.27. The van der Waals surface area contributed by atoms with E-state index in [9.17, 15) is 4.39 Å². The number of aromatic nitrogens is 4. The van der Waals surface area contributed by atoms with Gasteiger partial charge in [0.25, 0.3) is 0 Å². The van der Waals surface area contributed by atoms with Gasteiger partial charge >= 0.3 is 0 Å². The van der Waals surface area contributed by atoms with Gasteiger partial charge in [-0.25, -0.2) is 19.3 Å². The summed E-state index contributed by atoms with van der Waals surface area (Å²) in [5, 5.41) is 12.1. The number of amidine groups is 1. The second kappa shape index (κ2) is 12.7. The zero-order valence-electron chi connectivity index (χ0n) is 23.1. The molecule has 0 bridgehead atoms. The molecule has 1 aliphatic rings. The van der Waals surface area contributed by atoms with Gasteiger partial charge in [0.1, 0.15) is 23.3 Å². The molecule has 40 heavy (non-hydrogen) atoms. The van der Waals surface area contributed by atoms with Crippen LogP contribution in [0.1, 0.15) is 58.4 Å². The number of benzene rings is 1. The molecular weight excluding hydrogens is 501 g/mol. The summed E-state index contributed by atoms with van der Waals surface area (Å²) in [5.41, 5.74) is 4.05. The lowest BCUT2D eigenvalue weighted by Gasteiger charge is -2.26. The fourth-order valence-corrected chi connectivity index (χ4v) is 4.97. The number of nitrogens with zero attached hydrogens (tertiary/aromatic N) is 4. The monoisotopic (exact) mass is 539 g/mol. The van der Waals surface area contributed by atoms with Gasteiger partial charge in [-0.05, 0) is 79.3 Å². The van der Waals surface area contributed by atoms with Crippen LogP contribution in [-0.4, -0.2) is 43.8 Å². The lowest BCUT2D eigenvalue weighted by atomic mass is 10.0. The molecular formula is C32H38FN7. The molecule has 5 rings (SSSR count). The molecule has 4 heterocycles. The molecule has 1 aliphatic heterocycles.